The topological polar surface area (TPSA) is 60.1 Å². The van der Waals surface area contributed by atoms with E-state index in [0.717, 1.165) is 5.69 Å². The second-order valence-electron chi connectivity index (χ2n) is 4.80. The number of nitrogens with one attached hydrogen (secondary N) is 1. The van der Waals surface area contributed by atoms with Gasteiger partial charge in [-0.15, -0.1) is 0 Å². The zero-order valence-electron chi connectivity index (χ0n) is 11.9. The molecular formula is C16H14FN3O2. The molecule has 0 unspecified atom stereocenters. The molecule has 112 valence electrons. The minimum Gasteiger partial charge on any atom is -0.458 e. The average Bonchev–Trinajstić information content (AvgIpc) is 3.14. The Balaban J connectivity index is 1.65. The highest BCUT2D eigenvalue weighted by molar-refractivity contribution is 5.94. The first-order chi connectivity index (χ1) is 10.6. The molecule has 0 bridgehead atoms. The lowest BCUT2D eigenvalue weighted by Gasteiger charge is -2.03. The van der Waals surface area contributed by atoms with Crippen molar-refractivity contribution in [1.29, 1.82) is 0 Å². The van der Waals surface area contributed by atoms with E-state index in [1.807, 2.05) is 19.2 Å². The molecule has 0 aliphatic heterocycles. The second kappa shape index (κ2) is 5.85. The SMILES string of the molecule is Cn1nccc1-c1ccc(CNC(=O)c2ccc(F)cc2)o1. The van der Waals surface area contributed by atoms with E-state index in [4.69, 9.17) is 4.42 Å². The molecule has 0 fully saturated rings. The first kappa shape index (κ1) is 14.1. The van der Waals surface area contributed by atoms with Gasteiger partial charge in [-0.3, -0.25) is 9.48 Å². The van der Waals surface area contributed by atoms with Gasteiger partial charge >= 0.3 is 0 Å². The molecule has 0 saturated heterocycles. The number of benzene rings is 1. The third-order valence-electron chi connectivity index (χ3n) is 3.26. The summed E-state index contributed by atoms with van der Waals surface area (Å²) in [6, 6.07) is 10.9. The number of hydrogen-bond acceptors (Lipinski definition) is 3. The molecule has 0 spiro atoms. The van der Waals surface area contributed by atoms with E-state index < -0.39 is 0 Å². The minimum absolute atomic E-state index is 0.258. The van der Waals surface area contributed by atoms with Crippen LogP contribution in [0.15, 0.2) is 53.1 Å². The largest absolute Gasteiger partial charge is 0.458 e. The van der Waals surface area contributed by atoms with Gasteiger partial charge in [-0.2, -0.15) is 5.10 Å². The number of halogens is 1. The van der Waals surface area contributed by atoms with E-state index in [-0.39, 0.29) is 18.3 Å². The third kappa shape index (κ3) is 2.90. The van der Waals surface area contributed by atoms with Crippen molar-refractivity contribution in [1.82, 2.24) is 15.1 Å². The molecule has 0 saturated carbocycles. The molecular weight excluding hydrogens is 285 g/mol. The summed E-state index contributed by atoms with van der Waals surface area (Å²) in [6.45, 7) is 0.258. The fraction of sp³-hybridized carbons (Fsp3) is 0.125. The van der Waals surface area contributed by atoms with E-state index in [2.05, 4.69) is 10.4 Å². The van der Waals surface area contributed by atoms with Gasteiger partial charge in [-0.1, -0.05) is 0 Å². The van der Waals surface area contributed by atoms with Crippen LogP contribution in [0.4, 0.5) is 4.39 Å². The molecule has 0 radical (unpaired) electrons. The first-order valence-electron chi connectivity index (χ1n) is 6.74. The van der Waals surface area contributed by atoms with Gasteiger partial charge in [0.2, 0.25) is 0 Å². The number of amides is 1. The van der Waals surface area contributed by atoms with E-state index in [1.165, 1.54) is 24.3 Å². The van der Waals surface area contributed by atoms with E-state index in [0.29, 0.717) is 17.1 Å². The van der Waals surface area contributed by atoms with Crippen LogP contribution < -0.4 is 5.32 Å². The molecule has 1 aromatic carbocycles. The van der Waals surface area contributed by atoms with Crippen LogP contribution in [-0.4, -0.2) is 15.7 Å². The highest BCUT2D eigenvalue weighted by atomic mass is 19.1. The molecule has 0 atom stereocenters. The molecule has 6 heteroatoms. The summed E-state index contributed by atoms with van der Waals surface area (Å²) in [6.07, 6.45) is 1.69. The van der Waals surface area contributed by atoms with Gasteiger partial charge in [-0.25, -0.2) is 4.39 Å². The summed E-state index contributed by atoms with van der Waals surface area (Å²) in [7, 11) is 1.83. The van der Waals surface area contributed by atoms with Crippen LogP contribution in [0, 0.1) is 5.82 Å². The van der Waals surface area contributed by atoms with Gasteiger partial charge in [0.1, 0.15) is 17.3 Å². The zero-order chi connectivity index (χ0) is 15.5. The van der Waals surface area contributed by atoms with E-state index in [9.17, 15) is 9.18 Å². The Morgan fingerprint density at radius 2 is 2.00 bits per heavy atom. The number of hydrogen-bond donors (Lipinski definition) is 1. The van der Waals surface area contributed by atoms with Crippen LogP contribution in [0.25, 0.3) is 11.5 Å². The summed E-state index contributed by atoms with van der Waals surface area (Å²) in [5, 5.41) is 6.81. The van der Waals surface area contributed by atoms with Gasteiger partial charge in [0, 0.05) is 18.8 Å². The molecule has 22 heavy (non-hydrogen) atoms. The molecule has 0 aliphatic rings. The number of furan rings is 1. The summed E-state index contributed by atoms with van der Waals surface area (Å²) >= 11 is 0. The number of aryl methyl sites for hydroxylation is 1. The van der Waals surface area contributed by atoms with Crippen molar-refractivity contribution in [3.8, 4) is 11.5 Å². The van der Waals surface area contributed by atoms with Crippen molar-refractivity contribution >= 4 is 5.91 Å². The highest BCUT2D eigenvalue weighted by Crippen LogP contribution is 2.21. The average molecular weight is 299 g/mol. The Bertz CT molecular complexity index is 790. The van der Waals surface area contributed by atoms with Crippen LogP contribution in [-0.2, 0) is 13.6 Å². The number of aromatic nitrogens is 2. The number of carbonyl (C=O) groups excluding carboxylic acids is 1. The summed E-state index contributed by atoms with van der Waals surface area (Å²) < 4.78 is 20.2. The molecule has 1 amide bonds. The maximum absolute atomic E-state index is 12.8. The van der Waals surface area contributed by atoms with Gasteiger partial charge in [0.25, 0.3) is 5.91 Å². The number of rotatable bonds is 4. The fourth-order valence-corrected chi connectivity index (χ4v) is 2.10. The normalized spacial score (nSPS) is 10.6. The lowest BCUT2D eigenvalue weighted by atomic mass is 10.2. The van der Waals surface area contributed by atoms with Crippen molar-refractivity contribution < 1.29 is 13.6 Å². The minimum atomic E-state index is -0.372. The Hall–Kier alpha value is -2.89. The van der Waals surface area contributed by atoms with Gasteiger partial charge in [-0.05, 0) is 42.5 Å². The van der Waals surface area contributed by atoms with Crippen LogP contribution in [0.3, 0.4) is 0 Å². The van der Waals surface area contributed by atoms with Crippen LogP contribution in [0.5, 0.6) is 0 Å². The van der Waals surface area contributed by atoms with Crippen molar-refractivity contribution in [3.63, 3.8) is 0 Å². The monoisotopic (exact) mass is 299 g/mol. The van der Waals surface area contributed by atoms with Crippen LogP contribution >= 0.6 is 0 Å². The second-order valence-corrected chi connectivity index (χ2v) is 4.80. The molecule has 3 aromatic rings. The number of nitrogens with zero attached hydrogens (tertiary/aromatic N) is 2. The fourth-order valence-electron chi connectivity index (χ4n) is 2.10. The maximum atomic E-state index is 12.8. The lowest BCUT2D eigenvalue weighted by molar-refractivity contribution is 0.0948. The predicted octanol–water partition coefficient (Wildman–Crippen LogP) is 2.75. The zero-order valence-corrected chi connectivity index (χ0v) is 11.9. The van der Waals surface area contributed by atoms with E-state index >= 15 is 0 Å². The molecule has 3 rings (SSSR count). The molecule has 0 aliphatic carbocycles. The smallest absolute Gasteiger partial charge is 0.251 e. The Kier molecular flexibility index (Phi) is 3.74. The Morgan fingerprint density at radius 3 is 2.68 bits per heavy atom. The van der Waals surface area contributed by atoms with Gasteiger partial charge in [0.05, 0.1) is 6.54 Å². The van der Waals surface area contributed by atoms with Crippen molar-refractivity contribution in [3.05, 3.63) is 65.8 Å². The summed E-state index contributed by atoms with van der Waals surface area (Å²) in [5.41, 5.74) is 1.26. The Morgan fingerprint density at radius 1 is 1.23 bits per heavy atom. The predicted molar refractivity (Wildman–Crippen MR) is 78.5 cm³/mol. The van der Waals surface area contributed by atoms with E-state index in [1.54, 1.807) is 16.9 Å². The summed E-state index contributed by atoms with van der Waals surface area (Å²) in [4.78, 5) is 11.9. The Labute approximate surface area is 126 Å². The summed E-state index contributed by atoms with van der Waals surface area (Å²) in [5.74, 6) is 0.666. The lowest BCUT2D eigenvalue weighted by Crippen LogP contribution is -2.22. The molecule has 5 nitrogen and oxygen atoms in total. The van der Waals surface area contributed by atoms with Crippen LogP contribution in [0.1, 0.15) is 16.1 Å². The third-order valence-corrected chi connectivity index (χ3v) is 3.26. The van der Waals surface area contributed by atoms with Crippen molar-refractivity contribution in [2.45, 2.75) is 6.54 Å². The van der Waals surface area contributed by atoms with Gasteiger partial charge in [0.15, 0.2) is 5.76 Å². The van der Waals surface area contributed by atoms with Gasteiger partial charge < -0.3 is 9.73 Å². The number of carbonyl (C=O) groups is 1. The van der Waals surface area contributed by atoms with Crippen LogP contribution in [0.2, 0.25) is 0 Å². The van der Waals surface area contributed by atoms with Crippen molar-refractivity contribution in [2.75, 3.05) is 0 Å². The highest BCUT2D eigenvalue weighted by Gasteiger charge is 2.10. The van der Waals surface area contributed by atoms with Crippen molar-refractivity contribution in [2.24, 2.45) is 7.05 Å². The molecule has 1 N–H and O–H groups in total. The molecule has 2 heterocycles. The quantitative estimate of drug-likeness (QED) is 0.806. The molecule has 2 aromatic heterocycles. The first-order valence-corrected chi connectivity index (χ1v) is 6.74. The maximum Gasteiger partial charge on any atom is 0.251 e. The standard InChI is InChI=1S/C16H14FN3O2/c1-20-14(8-9-19-20)15-7-6-13(22-15)10-18-16(21)11-2-4-12(17)5-3-11/h2-9H,10H2,1H3,(H,18,21).